The van der Waals surface area contributed by atoms with Gasteiger partial charge in [0.1, 0.15) is 0 Å². The number of benzene rings is 3. The molecule has 1 aliphatic carbocycles. The minimum atomic E-state index is -1.30. The van der Waals surface area contributed by atoms with Gasteiger partial charge in [0, 0.05) is 16.7 Å². The first-order chi connectivity index (χ1) is 18.2. The molecular weight excluding hydrogens is 502 g/mol. The summed E-state index contributed by atoms with van der Waals surface area (Å²) in [6, 6.07) is 8.20. The van der Waals surface area contributed by atoms with E-state index in [1.807, 2.05) is 13.0 Å². The number of allylic oxidation sites excluding steroid dienone is 2. The molecule has 0 aliphatic heterocycles. The van der Waals surface area contributed by atoms with Crippen LogP contribution in [0.4, 0.5) is 26.3 Å². The van der Waals surface area contributed by atoms with Gasteiger partial charge in [-0.2, -0.15) is 4.39 Å². The van der Waals surface area contributed by atoms with Crippen LogP contribution in [0.1, 0.15) is 62.1 Å². The van der Waals surface area contributed by atoms with Crippen molar-refractivity contribution in [2.75, 3.05) is 6.61 Å². The maximum absolute atomic E-state index is 15.1. The lowest BCUT2D eigenvalue weighted by Crippen LogP contribution is -2.09. The van der Waals surface area contributed by atoms with Crippen molar-refractivity contribution < 1.29 is 31.1 Å². The van der Waals surface area contributed by atoms with Crippen LogP contribution in [0.15, 0.2) is 42.5 Å². The van der Waals surface area contributed by atoms with E-state index >= 15 is 8.78 Å². The third-order valence-corrected chi connectivity index (χ3v) is 7.22. The minimum Gasteiger partial charge on any atom is -0.490 e. The molecule has 3 aromatic carbocycles. The van der Waals surface area contributed by atoms with Gasteiger partial charge in [0.15, 0.2) is 34.8 Å². The number of ether oxygens (including phenoxy) is 1. The van der Waals surface area contributed by atoms with Gasteiger partial charge in [0.05, 0.1) is 6.61 Å². The topological polar surface area (TPSA) is 9.23 Å². The molecule has 0 fully saturated rings. The Balaban J connectivity index is 1.47. The molecule has 1 nitrogen and oxygen atoms in total. The van der Waals surface area contributed by atoms with Gasteiger partial charge in [0.25, 0.3) is 0 Å². The second-order valence-corrected chi connectivity index (χ2v) is 9.81. The normalized spacial score (nSPS) is 15.5. The largest absolute Gasteiger partial charge is 0.490 e. The second kappa shape index (κ2) is 12.1. The molecule has 0 spiro atoms. The summed E-state index contributed by atoms with van der Waals surface area (Å²) in [6.07, 6.45) is 6.12. The molecule has 0 N–H and O–H groups in total. The highest BCUT2D eigenvalue weighted by molar-refractivity contribution is 5.72. The summed E-state index contributed by atoms with van der Waals surface area (Å²) in [7, 11) is 0. The zero-order valence-electron chi connectivity index (χ0n) is 21.5. The Morgan fingerprint density at radius 2 is 1.42 bits per heavy atom. The number of hydrogen-bond donors (Lipinski definition) is 0. The molecule has 1 unspecified atom stereocenters. The Labute approximate surface area is 219 Å². The fourth-order valence-corrected chi connectivity index (χ4v) is 4.82. The summed E-state index contributed by atoms with van der Waals surface area (Å²) >= 11 is 0. The molecule has 0 radical (unpaired) electrons. The first kappa shape index (κ1) is 27.8. The van der Waals surface area contributed by atoms with Crippen LogP contribution in [0.25, 0.3) is 16.7 Å². The van der Waals surface area contributed by atoms with E-state index in [4.69, 9.17) is 4.74 Å². The Morgan fingerprint density at radius 1 is 0.763 bits per heavy atom. The van der Waals surface area contributed by atoms with E-state index in [9.17, 15) is 17.6 Å². The SMILES string of the molecule is CCCCOc1ccc(-c2ccc(C3=CCC(CCc4ccc(C)c(F)c4F)CC3)c(F)c2F)c(F)c1F. The monoisotopic (exact) mass is 532 g/mol. The molecule has 0 saturated carbocycles. The number of hydrogen-bond acceptors (Lipinski definition) is 1. The lowest BCUT2D eigenvalue weighted by Gasteiger charge is -2.23. The highest BCUT2D eigenvalue weighted by Crippen LogP contribution is 2.38. The van der Waals surface area contributed by atoms with E-state index in [-0.39, 0.29) is 40.5 Å². The number of rotatable bonds is 9. The quantitative estimate of drug-likeness (QED) is 0.197. The molecule has 7 heteroatoms. The Morgan fingerprint density at radius 3 is 2.11 bits per heavy atom. The highest BCUT2D eigenvalue weighted by Gasteiger charge is 2.24. The van der Waals surface area contributed by atoms with Gasteiger partial charge in [-0.25, -0.2) is 22.0 Å². The van der Waals surface area contributed by atoms with Gasteiger partial charge >= 0.3 is 0 Å². The Hall–Kier alpha value is -3.22. The van der Waals surface area contributed by atoms with Crippen LogP contribution < -0.4 is 4.74 Å². The van der Waals surface area contributed by atoms with Gasteiger partial charge in [0.2, 0.25) is 5.82 Å². The summed E-state index contributed by atoms with van der Waals surface area (Å²) in [5.74, 6) is -6.61. The summed E-state index contributed by atoms with van der Waals surface area (Å²) in [5, 5.41) is 0. The third kappa shape index (κ3) is 5.77. The second-order valence-electron chi connectivity index (χ2n) is 9.81. The molecule has 1 aliphatic rings. The van der Waals surface area contributed by atoms with Crippen molar-refractivity contribution in [3.05, 3.63) is 94.1 Å². The van der Waals surface area contributed by atoms with Crippen LogP contribution in [0.3, 0.4) is 0 Å². The summed E-state index contributed by atoms with van der Waals surface area (Å²) < 4.78 is 92.6. The number of unbranched alkanes of at least 4 members (excludes halogenated alkanes) is 1. The van der Waals surface area contributed by atoms with Crippen LogP contribution in [0.2, 0.25) is 0 Å². The minimum absolute atomic E-state index is 0.0803. The van der Waals surface area contributed by atoms with E-state index in [1.165, 1.54) is 31.2 Å². The molecule has 0 aromatic heterocycles. The van der Waals surface area contributed by atoms with Crippen LogP contribution >= 0.6 is 0 Å². The molecule has 0 amide bonds. The van der Waals surface area contributed by atoms with Gasteiger partial charge < -0.3 is 4.74 Å². The lowest BCUT2D eigenvalue weighted by molar-refractivity contribution is 0.289. The summed E-state index contributed by atoms with van der Waals surface area (Å²) in [4.78, 5) is 0. The first-order valence-corrected chi connectivity index (χ1v) is 12.9. The van der Waals surface area contributed by atoms with E-state index < -0.39 is 34.9 Å². The molecule has 0 heterocycles. The maximum Gasteiger partial charge on any atom is 0.201 e. The van der Waals surface area contributed by atoms with Crippen molar-refractivity contribution in [3.63, 3.8) is 0 Å². The third-order valence-electron chi connectivity index (χ3n) is 7.22. The molecule has 202 valence electrons. The lowest BCUT2D eigenvalue weighted by atomic mass is 9.83. The number of aryl methyl sites for hydroxylation is 2. The predicted molar refractivity (Wildman–Crippen MR) is 137 cm³/mol. The van der Waals surface area contributed by atoms with Crippen molar-refractivity contribution >= 4 is 5.57 Å². The Kier molecular flexibility index (Phi) is 8.85. The van der Waals surface area contributed by atoms with Crippen LogP contribution in [0.5, 0.6) is 5.75 Å². The fraction of sp³-hybridized carbons (Fsp3) is 0.355. The standard InChI is InChI=1S/C31H30F6O/c1-3-4-17-38-25-16-15-24(30(36)31(25)37)23-14-13-22(28(34)29(23)35)20-10-6-19(7-11-20)8-12-21-9-5-18(2)26(32)27(21)33/h5,9-10,13-16,19H,3-4,6-8,11-12,17H2,1-2H3. The summed E-state index contributed by atoms with van der Waals surface area (Å²) in [6.45, 7) is 3.67. The zero-order chi connectivity index (χ0) is 27.4. The van der Waals surface area contributed by atoms with Gasteiger partial charge in [-0.15, -0.1) is 0 Å². The smallest absolute Gasteiger partial charge is 0.201 e. The molecule has 4 rings (SSSR count). The fourth-order valence-electron chi connectivity index (χ4n) is 4.82. The van der Waals surface area contributed by atoms with Crippen LogP contribution in [-0.4, -0.2) is 6.61 Å². The van der Waals surface area contributed by atoms with Crippen molar-refractivity contribution in [1.82, 2.24) is 0 Å². The zero-order valence-corrected chi connectivity index (χ0v) is 21.5. The maximum atomic E-state index is 15.1. The van der Waals surface area contributed by atoms with Crippen LogP contribution in [-0.2, 0) is 6.42 Å². The molecule has 3 aromatic rings. The average molecular weight is 533 g/mol. The first-order valence-electron chi connectivity index (χ1n) is 12.9. The van der Waals surface area contributed by atoms with Crippen molar-refractivity contribution in [1.29, 1.82) is 0 Å². The van der Waals surface area contributed by atoms with Gasteiger partial charge in [-0.05, 0) is 80.2 Å². The molecule has 1 atom stereocenters. The van der Waals surface area contributed by atoms with Gasteiger partial charge in [-0.3, -0.25) is 0 Å². The van der Waals surface area contributed by atoms with E-state index in [1.54, 1.807) is 12.1 Å². The van der Waals surface area contributed by atoms with E-state index in [0.29, 0.717) is 49.7 Å². The van der Waals surface area contributed by atoms with Gasteiger partial charge in [-0.1, -0.05) is 43.7 Å². The predicted octanol–water partition coefficient (Wildman–Crippen LogP) is 9.49. The van der Waals surface area contributed by atoms with Crippen molar-refractivity contribution in [2.24, 2.45) is 5.92 Å². The highest BCUT2D eigenvalue weighted by atomic mass is 19.2. The van der Waals surface area contributed by atoms with E-state index in [0.717, 1.165) is 6.42 Å². The van der Waals surface area contributed by atoms with Crippen molar-refractivity contribution in [3.8, 4) is 16.9 Å². The average Bonchev–Trinajstić information content (AvgIpc) is 2.92. The molecule has 0 saturated heterocycles. The van der Waals surface area contributed by atoms with Crippen molar-refractivity contribution in [2.45, 2.75) is 58.8 Å². The molecule has 0 bridgehead atoms. The van der Waals surface area contributed by atoms with E-state index in [2.05, 4.69) is 0 Å². The molecular formula is C31H30F6O. The molecule has 38 heavy (non-hydrogen) atoms. The summed E-state index contributed by atoms with van der Waals surface area (Å²) in [5.41, 5.74) is 0.545. The number of halogens is 6. The Bertz CT molecular complexity index is 1350. The van der Waals surface area contributed by atoms with Crippen LogP contribution in [0, 0.1) is 47.7 Å².